The van der Waals surface area contributed by atoms with Gasteiger partial charge in [0.2, 0.25) is 5.16 Å². The molecule has 0 bridgehead atoms. The monoisotopic (exact) mass is 276 g/mol. The number of hydrogen-bond donors (Lipinski definition) is 1. The minimum atomic E-state index is 0.519. The molecule has 2 heterocycles. The standard InChI is InChI=1S/C7H9ClN6S2/c8-6-10-3-5(16-6)4-15-7-11-12-13-14(7)2-1-9/h3H,1-2,4,9H2. The SMILES string of the molecule is NCCn1nnnc1SCc1cnc(Cl)s1. The fourth-order valence-corrected chi connectivity index (χ4v) is 2.95. The second-order valence-corrected chi connectivity index (χ2v) is 5.48. The normalized spacial score (nSPS) is 10.9. The molecular formula is C7H9ClN6S2. The second-order valence-electron chi connectivity index (χ2n) is 2.84. The van der Waals surface area contributed by atoms with Crippen LogP contribution in [0.5, 0.6) is 0 Å². The zero-order valence-corrected chi connectivity index (χ0v) is 10.6. The fourth-order valence-electron chi connectivity index (χ4n) is 1.05. The highest BCUT2D eigenvalue weighted by molar-refractivity contribution is 7.98. The average Bonchev–Trinajstić information content (AvgIpc) is 2.85. The summed E-state index contributed by atoms with van der Waals surface area (Å²) in [4.78, 5) is 5.06. The van der Waals surface area contributed by atoms with Crippen molar-refractivity contribution in [2.24, 2.45) is 5.73 Å². The first-order chi connectivity index (χ1) is 7.79. The lowest BCUT2D eigenvalue weighted by Gasteiger charge is -2.00. The molecule has 0 aliphatic heterocycles. The number of thiazole rings is 1. The van der Waals surface area contributed by atoms with Crippen LogP contribution in [-0.2, 0) is 12.3 Å². The lowest BCUT2D eigenvalue weighted by molar-refractivity contribution is 0.557. The molecule has 0 atom stereocenters. The van der Waals surface area contributed by atoms with Gasteiger partial charge < -0.3 is 5.73 Å². The number of rotatable bonds is 5. The van der Waals surface area contributed by atoms with Gasteiger partial charge in [-0.2, -0.15) is 0 Å². The summed E-state index contributed by atoms with van der Waals surface area (Å²) in [5.74, 6) is 0.759. The molecule has 0 aliphatic rings. The van der Waals surface area contributed by atoms with E-state index in [1.165, 1.54) is 11.3 Å². The predicted octanol–water partition coefficient (Wildman–Crippen LogP) is 1.03. The van der Waals surface area contributed by atoms with Crippen molar-refractivity contribution in [2.45, 2.75) is 17.5 Å². The van der Waals surface area contributed by atoms with E-state index in [2.05, 4.69) is 20.5 Å². The molecule has 2 aromatic rings. The van der Waals surface area contributed by atoms with E-state index in [0.717, 1.165) is 15.8 Å². The number of nitrogens with zero attached hydrogens (tertiary/aromatic N) is 5. The Morgan fingerprint density at radius 1 is 1.56 bits per heavy atom. The highest BCUT2D eigenvalue weighted by atomic mass is 35.5. The van der Waals surface area contributed by atoms with Crippen LogP contribution in [0.3, 0.4) is 0 Å². The Morgan fingerprint density at radius 2 is 2.44 bits per heavy atom. The van der Waals surface area contributed by atoms with Gasteiger partial charge in [-0.1, -0.05) is 23.4 Å². The van der Waals surface area contributed by atoms with E-state index < -0.39 is 0 Å². The minimum Gasteiger partial charge on any atom is -0.329 e. The third kappa shape index (κ3) is 2.91. The second kappa shape index (κ2) is 5.58. The molecule has 9 heteroatoms. The highest BCUT2D eigenvalue weighted by Crippen LogP contribution is 2.25. The smallest absolute Gasteiger partial charge is 0.209 e. The topological polar surface area (TPSA) is 82.5 Å². The summed E-state index contributed by atoms with van der Waals surface area (Å²) in [6.07, 6.45) is 1.76. The molecule has 0 spiro atoms. The molecule has 86 valence electrons. The first kappa shape index (κ1) is 11.8. The Kier molecular flexibility index (Phi) is 4.10. The number of tetrazole rings is 1. The Balaban J connectivity index is 1.96. The first-order valence-electron chi connectivity index (χ1n) is 4.49. The number of halogens is 1. The summed E-state index contributed by atoms with van der Waals surface area (Å²) in [6.45, 7) is 1.14. The van der Waals surface area contributed by atoms with Gasteiger partial charge in [0.25, 0.3) is 0 Å². The van der Waals surface area contributed by atoms with Crippen LogP contribution in [0.4, 0.5) is 0 Å². The van der Waals surface area contributed by atoms with Crippen molar-refractivity contribution in [2.75, 3.05) is 6.54 Å². The van der Waals surface area contributed by atoms with Gasteiger partial charge in [0.15, 0.2) is 4.47 Å². The molecular weight excluding hydrogens is 268 g/mol. The molecule has 0 aliphatic carbocycles. The summed E-state index contributed by atoms with van der Waals surface area (Å²) >= 11 is 8.74. The summed E-state index contributed by atoms with van der Waals surface area (Å²) in [5, 5.41) is 12.1. The maximum absolute atomic E-state index is 5.74. The Bertz CT molecular complexity index is 455. The minimum absolute atomic E-state index is 0.519. The lowest BCUT2D eigenvalue weighted by Crippen LogP contribution is -2.12. The Hall–Kier alpha value is -0.700. The fraction of sp³-hybridized carbons (Fsp3) is 0.429. The van der Waals surface area contributed by atoms with Gasteiger partial charge in [-0.15, -0.1) is 16.4 Å². The molecule has 2 aromatic heterocycles. The van der Waals surface area contributed by atoms with Crippen molar-refractivity contribution < 1.29 is 0 Å². The molecule has 0 saturated carbocycles. The van der Waals surface area contributed by atoms with Gasteiger partial charge in [-0.05, 0) is 10.4 Å². The van der Waals surface area contributed by atoms with Crippen molar-refractivity contribution in [3.63, 3.8) is 0 Å². The number of nitrogens with two attached hydrogens (primary N) is 1. The van der Waals surface area contributed by atoms with Crippen molar-refractivity contribution in [3.8, 4) is 0 Å². The van der Waals surface area contributed by atoms with Gasteiger partial charge in [0.05, 0.1) is 6.54 Å². The molecule has 16 heavy (non-hydrogen) atoms. The van der Waals surface area contributed by atoms with Crippen molar-refractivity contribution >= 4 is 34.7 Å². The maximum Gasteiger partial charge on any atom is 0.209 e. The third-order valence-electron chi connectivity index (χ3n) is 1.71. The number of hydrogen-bond acceptors (Lipinski definition) is 7. The zero-order valence-electron chi connectivity index (χ0n) is 8.21. The summed E-state index contributed by atoms with van der Waals surface area (Å²) in [5.41, 5.74) is 5.45. The van der Waals surface area contributed by atoms with E-state index in [1.54, 1.807) is 22.6 Å². The first-order valence-corrected chi connectivity index (χ1v) is 6.67. The van der Waals surface area contributed by atoms with Gasteiger partial charge in [-0.3, -0.25) is 0 Å². The van der Waals surface area contributed by atoms with E-state index in [0.29, 0.717) is 17.6 Å². The maximum atomic E-state index is 5.74. The summed E-state index contributed by atoms with van der Waals surface area (Å²) < 4.78 is 2.24. The van der Waals surface area contributed by atoms with Crippen LogP contribution in [0.2, 0.25) is 4.47 Å². The van der Waals surface area contributed by atoms with E-state index in [1.807, 2.05) is 0 Å². The molecule has 6 nitrogen and oxygen atoms in total. The molecule has 0 amide bonds. The van der Waals surface area contributed by atoms with E-state index >= 15 is 0 Å². The van der Waals surface area contributed by atoms with E-state index in [4.69, 9.17) is 17.3 Å². The van der Waals surface area contributed by atoms with Crippen LogP contribution in [0, 0.1) is 0 Å². The number of thioether (sulfide) groups is 1. The molecule has 0 aromatic carbocycles. The van der Waals surface area contributed by atoms with Gasteiger partial charge >= 0.3 is 0 Å². The predicted molar refractivity (Wildman–Crippen MR) is 63.6 cm³/mol. The van der Waals surface area contributed by atoms with Gasteiger partial charge in [0, 0.05) is 23.4 Å². The summed E-state index contributed by atoms with van der Waals surface area (Å²) in [6, 6.07) is 0. The third-order valence-corrected chi connectivity index (χ3v) is 4.01. The van der Waals surface area contributed by atoms with Crippen molar-refractivity contribution in [1.82, 2.24) is 25.2 Å². The highest BCUT2D eigenvalue weighted by Gasteiger charge is 2.07. The summed E-state index contributed by atoms with van der Waals surface area (Å²) in [7, 11) is 0. The van der Waals surface area contributed by atoms with Crippen LogP contribution in [-0.4, -0.2) is 31.7 Å². The largest absolute Gasteiger partial charge is 0.329 e. The van der Waals surface area contributed by atoms with E-state index in [-0.39, 0.29) is 0 Å². The lowest BCUT2D eigenvalue weighted by atomic mass is 10.6. The molecule has 2 N–H and O–H groups in total. The molecule has 2 rings (SSSR count). The van der Waals surface area contributed by atoms with Crippen LogP contribution in [0.1, 0.15) is 4.88 Å². The molecule has 0 unspecified atom stereocenters. The average molecular weight is 277 g/mol. The van der Waals surface area contributed by atoms with Crippen LogP contribution < -0.4 is 5.73 Å². The molecule has 0 radical (unpaired) electrons. The quantitative estimate of drug-likeness (QED) is 0.822. The number of aromatic nitrogens is 5. The Morgan fingerprint density at radius 3 is 3.12 bits per heavy atom. The van der Waals surface area contributed by atoms with Gasteiger partial charge in [-0.25, -0.2) is 9.67 Å². The molecule has 0 fully saturated rings. The van der Waals surface area contributed by atoms with Crippen LogP contribution in [0.25, 0.3) is 0 Å². The zero-order chi connectivity index (χ0) is 11.4. The van der Waals surface area contributed by atoms with Gasteiger partial charge in [0.1, 0.15) is 0 Å². The van der Waals surface area contributed by atoms with Crippen molar-refractivity contribution in [3.05, 3.63) is 15.5 Å². The van der Waals surface area contributed by atoms with Crippen molar-refractivity contribution in [1.29, 1.82) is 0 Å². The van der Waals surface area contributed by atoms with E-state index in [9.17, 15) is 0 Å². The van der Waals surface area contributed by atoms with Crippen LogP contribution >= 0.6 is 34.7 Å². The van der Waals surface area contributed by atoms with Crippen LogP contribution in [0.15, 0.2) is 11.4 Å². The Labute approximate surface area is 105 Å². The molecule has 0 saturated heterocycles.